The van der Waals surface area contributed by atoms with E-state index in [-0.39, 0.29) is 10.7 Å². The Morgan fingerprint density at radius 3 is 2.59 bits per heavy atom. The van der Waals surface area contributed by atoms with Crippen LogP contribution in [-0.4, -0.2) is 22.0 Å². The number of benzene rings is 1. The first kappa shape index (κ1) is 16.0. The number of pyridine rings is 1. The monoisotopic (exact) mass is 318 g/mol. The van der Waals surface area contributed by atoms with Crippen molar-refractivity contribution in [3.05, 3.63) is 58.9 Å². The zero-order chi connectivity index (χ0) is 16.3. The molecule has 0 spiro atoms. The highest BCUT2D eigenvalue weighted by Crippen LogP contribution is 2.26. The number of hydrogen-bond donors (Lipinski definition) is 2. The molecule has 6 heteroatoms. The topological polar surface area (TPSA) is 79.3 Å². The summed E-state index contributed by atoms with van der Waals surface area (Å²) in [5.41, 5.74) is 0.297. The van der Waals surface area contributed by atoms with Crippen LogP contribution in [0.15, 0.2) is 42.6 Å². The van der Waals surface area contributed by atoms with Crippen molar-refractivity contribution in [1.82, 2.24) is 4.98 Å². The van der Waals surface area contributed by atoms with E-state index in [9.17, 15) is 14.7 Å². The van der Waals surface area contributed by atoms with Gasteiger partial charge in [-0.3, -0.25) is 9.59 Å². The summed E-state index contributed by atoms with van der Waals surface area (Å²) in [5.74, 6) is -1.34. The molecular weight excluding hydrogens is 304 g/mol. The van der Waals surface area contributed by atoms with Gasteiger partial charge in [-0.15, -0.1) is 0 Å². The molecule has 5 nitrogen and oxygen atoms in total. The fourth-order valence-corrected chi connectivity index (χ4v) is 2.07. The van der Waals surface area contributed by atoms with Crippen molar-refractivity contribution in [2.45, 2.75) is 19.3 Å². The van der Waals surface area contributed by atoms with Crippen molar-refractivity contribution in [1.29, 1.82) is 0 Å². The molecule has 0 saturated carbocycles. The van der Waals surface area contributed by atoms with E-state index in [1.807, 2.05) is 0 Å². The number of aliphatic carboxylic acids is 1. The summed E-state index contributed by atoms with van der Waals surface area (Å²) in [5, 5.41) is 12.1. The highest BCUT2D eigenvalue weighted by molar-refractivity contribution is 6.33. The lowest BCUT2D eigenvalue weighted by Gasteiger charge is -2.20. The van der Waals surface area contributed by atoms with E-state index in [0.717, 1.165) is 0 Å². The summed E-state index contributed by atoms with van der Waals surface area (Å²) in [7, 11) is 0. The zero-order valence-corrected chi connectivity index (χ0v) is 12.9. The van der Waals surface area contributed by atoms with Crippen LogP contribution in [0, 0.1) is 0 Å². The number of carboxylic acid groups (broad SMARTS) is 1. The van der Waals surface area contributed by atoms with E-state index in [1.165, 1.54) is 6.20 Å². The summed E-state index contributed by atoms with van der Waals surface area (Å²) >= 11 is 5.88. The number of nitrogens with one attached hydrogen (secondary N) is 1. The third kappa shape index (κ3) is 3.26. The number of halogens is 1. The molecule has 0 radical (unpaired) electrons. The van der Waals surface area contributed by atoms with E-state index in [1.54, 1.807) is 50.2 Å². The Bertz CT molecular complexity index is 729. The van der Waals surface area contributed by atoms with Gasteiger partial charge >= 0.3 is 5.97 Å². The number of anilines is 1. The summed E-state index contributed by atoms with van der Waals surface area (Å²) < 4.78 is 0. The second-order valence-corrected chi connectivity index (χ2v) is 5.66. The van der Waals surface area contributed by atoms with Crippen LogP contribution < -0.4 is 5.32 Å². The number of carbonyl (C=O) groups is 2. The van der Waals surface area contributed by atoms with Gasteiger partial charge in [0.05, 0.1) is 11.0 Å². The third-order valence-corrected chi connectivity index (χ3v) is 3.68. The lowest BCUT2D eigenvalue weighted by atomic mass is 9.84. The van der Waals surface area contributed by atoms with E-state index in [0.29, 0.717) is 11.3 Å². The second-order valence-electron chi connectivity index (χ2n) is 5.31. The van der Waals surface area contributed by atoms with Crippen LogP contribution in [-0.2, 0) is 10.2 Å². The molecule has 0 aliphatic heterocycles. The smallest absolute Gasteiger partial charge is 0.313 e. The molecular formula is C16H15ClN2O3. The van der Waals surface area contributed by atoms with Gasteiger partial charge in [0.1, 0.15) is 5.15 Å². The van der Waals surface area contributed by atoms with Crippen molar-refractivity contribution in [2.75, 3.05) is 5.32 Å². The molecule has 2 rings (SSSR count). The predicted molar refractivity (Wildman–Crippen MR) is 84.3 cm³/mol. The fraction of sp³-hybridized carbons (Fsp3) is 0.188. The van der Waals surface area contributed by atoms with Gasteiger partial charge in [0.25, 0.3) is 5.91 Å². The van der Waals surface area contributed by atoms with Crippen LogP contribution in [0.4, 0.5) is 5.69 Å². The van der Waals surface area contributed by atoms with Gasteiger partial charge in [-0.05, 0) is 43.7 Å². The highest BCUT2D eigenvalue weighted by Gasteiger charge is 2.29. The lowest BCUT2D eigenvalue weighted by molar-refractivity contribution is -0.142. The molecule has 0 saturated heterocycles. The number of nitrogens with zero attached hydrogens (tertiary/aromatic N) is 1. The average molecular weight is 319 g/mol. The summed E-state index contributed by atoms with van der Waals surface area (Å²) in [4.78, 5) is 27.3. The van der Waals surface area contributed by atoms with E-state index in [2.05, 4.69) is 10.3 Å². The largest absolute Gasteiger partial charge is 0.481 e. The Morgan fingerprint density at radius 2 is 1.95 bits per heavy atom. The van der Waals surface area contributed by atoms with Crippen molar-refractivity contribution in [2.24, 2.45) is 0 Å². The average Bonchev–Trinajstić information content (AvgIpc) is 2.47. The van der Waals surface area contributed by atoms with Crippen LogP contribution in [0.1, 0.15) is 29.8 Å². The first-order chi connectivity index (χ1) is 10.3. The van der Waals surface area contributed by atoms with Gasteiger partial charge in [-0.2, -0.15) is 0 Å². The molecule has 1 aromatic carbocycles. The normalized spacial score (nSPS) is 11.0. The number of amides is 1. The van der Waals surface area contributed by atoms with Crippen LogP contribution in [0.2, 0.25) is 5.15 Å². The maximum Gasteiger partial charge on any atom is 0.313 e. The third-order valence-electron chi connectivity index (χ3n) is 3.38. The van der Waals surface area contributed by atoms with Gasteiger partial charge in [0.15, 0.2) is 0 Å². The lowest BCUT2D eigenvalue weighted by Crippen LogP contribution is -2.28. The molecule has 114 valence electrons. The SMILES string of the molecule is CC(C)(C(=O)O)c1cccc(NC(=O)c2cccnc2Cl)c1. The molecule has 22 heavy (non-hydrogen) atoms. The molecule has 1 amide bonds. The van der Waals surface area contributed by atoms with Crippen molar-refractivity contribution < 1.29 is 14.7 Å². The summed E-state index contributed by atoms with van der Waals surface area (Å²) in [6.07, 6.45) is 1.50. The molecule has 2 N–H and O–H groups in total. The van der Waals surface area contributed by atoms with Crippen molar-refractivity contribution in [3.63, 3.8) is 0 Å². The van der Waals surface area contributed by atoms with Gasteiger partial charge in [-0.25, -0.2) is 4.98 Å². The Labute approximate surface area is 133 Å². The van der Waals surface area contributed by atoms with E-state index in [4.69, 9.17) is 11.6 Å². The molecule has 2 aromatic rings. The molecule has 0 atom stereocenters. The zero-order valence-electron chi connectivity index (χ0n) is 12.1. The maximum atomic E-state index is 12.2. The first-order valence-corrected chi connectivity index (χ1v) is 6.96. The summed E-state index contributed by atoms with van der Waals surface area (Å²) in [6.45, 7) is 3.21. The molecule has 1 aromatic heterocycles. The minimum atomic E-state index is -1.05. The van der Waals surface area contributed by atoms with Crippen molar-refractivity contribution in [3.8, 4) is 0 Å². The molecule has 0 bridgehead atoms. The molecule has 0 aliphatic rings. The Hall–Kier alpha value is -2.40. The van der Waals surface area contributed by atoms with Gasteiger partial charge in [0.2, 0.25) is 0 Å². The maximum absolute atomic E-state index is 12.2. The number of rotatable bonds is 4. The number of hydrogen-bond acceptors (Lipinski definition) is 3. The van der Waals surface area contributed by atoms with E-state index < -0.39 is 17.3 Å². The van der Waals surface area contributed by atoms with Gasteiger partial charge in [0, 0.05) is 11.9 Å². The Morgan fingerprint density at radius 1 is 1.23 bits per heavy atom. The van der Waals surface area contributed by atoms with Gasteiger partial charge in [-0.1, -0.05) is 23.7 Å². The number of carbonyl (C=O) groups excluding carboxylic acids is 1. The van der Waals surface area contributed by atoms with Crippen molar-refractivity contribution >= 4 is 29.2 Å². The summed E-state index contributed by atoms with van der Waals surface area (Å²) in [6, 6.07) is 9.90. The molecule has 0 fully saturated rings. The first-order valence-electron chi connectivity index (χ1n) is 6.58. The fourth-order valence-electron chi connectivity index (χ4n) is 1.86. The minimum Gasteiger partial charge on any atom is -0.481 e. The second kappa shape index (κ2) is 6.15. The quantitative estimate of drug-likeness (QED) is 0.847. The predicted octanol–water partition coefficient (Wildman–Crippen LogP) is 3.35. The molecule has 0 unspecified atom stereocenters. The van der Waals surface area contributed by atoms with Crippen LogP contribution in [0.3, 0.4) is 0 Å². The molecule has 0 aliphatic carbocycles. The van der Waals surface area contributed by atoms with Gasteiger partial charge < -0.3 is 10.4 Å². The van der Waals surface area contributed by atoms with Crippen LogP contribution in [0.5, 0.6) is 0 Å². The molecule has 1 heterocycles. The number of aromatic nitrogens is 1. The van der Waals surface area contributed by atoms with Crippen LogP contribution in [0.25, 0.3) is 0 Å². The number of carboxylic acids is 1. The van der Waals surface area contributed by atoms with E-state index >= 15 is 0 Å². The Kier molecular flexibility index (Phi) is 4.47. The minimum absolute atomic E-state index is 0.113. The Balaban J connectivity index is 2.27. The standard InChI is InChI=1S/C16H15ClN2O3/c1-16(2,15(21)22)10-5-3-6-11(9-10)19-14(20)12-7-4-8-18-13(12)17/h3-9H,1-2H3,(H,19,20)(H,21,22). The highest BCUT2D eigenvalue weighted by atomic mass is 35.5. The van der Waals surface area contributed by atoms with Crippen LogP contribution >= 0.6 is 11.6 Å².